The molecule has 0 bridgehead atoms. The third kappa shape index (κ3) is 4.28. The van der Waals surface area contributed by atoms with E-state index < -0.39 is 0 Å². The standard InChI is InChI=1S/C26H30N6O/c1-17(2)24-23(20-10-7-11-27-25(20)30-24)21-15-32(13-18-8-5-4-6-9-18)16-22(21)29-26(33)19-12-28-31(3)14-19/h4-12,14,17,21-22H,13,15-16H2,1-3H3,(H,27,30)(H,29,33)/t21-,22-/m1/s1. The van der Waals surface area contributed by atoms with Gasteiger partial charge < -0.3 is 10.3 Å². The van der Waals surface area contributed by atoms with E-state index in [1.807, 2.05) is 25.4 Å². The average Bonchev–Trinajstić information content (AvgIpc) is 3.51. The number of rotatable bonds is 6. The molecule has 0 radical (unpaired) electrons. The van der Waals surface area contributed by atoms with Gasteiger partial charge in [0.2, 0.25) is 0 Å². The first-order valence-corrected chi connectivity index (χ1v) is 11.5. The molecule has 1 aliphatic rings. The van der Waals surface area contributed by atoms with E-state index >= 15 is 0 Å². The Hall–Kier alpha value is -3.45. The third-order valence-electron chi connectivity index (χ3n) is 6.52. The summed E-state index contributed by atoms with van der Waals surface area (Å²) in [5.41, 5.74) is 5.26. The largest absolute Gasteiger partial charge is 0.347 e. The molecule has 0 saturated carbocycles. The Morgan fingerprint density at radius 2 is 2.00 bits per heavy atom. The van der Waals surface area contributed by atoms with E-state index in [4.69, 9.17) is 0 Å². The summed E-state index contributed by atoms with van der Waals surface area (Å²) in [7, 11) is 1.82. The number of nitrogens with one attached hydrogen (secondary N) is 2. The van der Waals surface area contributed by atoms with Crippen molar-refractivity contribution in [3.8, 4) is 0 Å². The molecule has 33 heavy (non-hydrogen) atoms. The van der Waals surface area contributed by atoms with Crippen LogP contribution in [-0.2, 0) is 13.6 Å². The van der Waals surface area contributed by atoms with E-state index in [9.17, 15) is 4.79 Å². The minimum absolute atomic E-state index is 0.0156. The second kappa shape index (κ2) is 8.83. The molecule has 2 N–H and O–H groups in total. The van der Waals surface area contributed by atoms with Crippen molar-refractivity contribution in [3.05, 3.63) is 83.4 Å². The quantitative estimate of drug-likeness (QED) is 0.476. The maximum Gasteiger partial charge on any atom is 0.254 e. The number of hydrogen-bond donors (Lipinski definition) is 2. The second-order valence-corrected chi connectivity index (χ2v) is 9.28. The van der Waals surface area contributed by atoms with Crippen LogP contribution in [0.4, 0.5) is 0 Å². The highest BCUT2D eigenvalue weighted by Crippen LogP contribution is 2.38. The predicted molar refractivity (Wildman–Crippen MR) is 129 cm³/mol. The van der Waals surface area contributed by atoms with Gasteiger partial charge in [-0.05, 0) is 29.2 Å². The van der Waals surface area contributed by atoms with Crippen LogP contribution < -0.4 is 5.32 Å². The number of H-pyrrole nitrogens is 1. The molecule has 0 aliphatic carbocycles. The molecule has 0 spiro atoms. The van der Waals surface area contributed by atoms with Crippen molar-refractivity contribution < 1.29 is 4.79 Å². The summed E-state index contributed by atoms with van der Waals surface area (Å²) in [5, 5.41) is 8.63. The number of aromatic amines is 1. The Balaban J connectivity index is 1.50. The fraction of sp³-hybridized carbons (Fsp3) is 0.346. The molecule has 170 valence electrons. The van der Waals surface area contributed by atoms with Gasteiger partial charge in [-0.25, -0.2) is 4.98 Å². The van der Waals surface area contributed by atoms with E-state index in [1.165, 1.54) is 16.8 Å². The van der Waals surface area contributed by atoms with Crippen LogP contribution in [0, 0.1) is 0 Å². The molecular weight excluding hydrogens is 412 g/mol. The number of hydrogen-bond acceptors (Lipinski definition) is 4. The Bertz CT molecular complexity index is 1260. The normalized spacial score (nSPS) is 18.9. The molecule has 1 saturated heterocycles. The van der Waals surface area contributed by atoms with Gasteiger partial charge in [0.1, 0.15) is 5.65 Å². The summed E-state index contributed by atoms with van der Waals surface area (Å²) < 4.78 is 1.66. The van der Waals surface area contributed by atoms with E-state index in [2.05, 4.69) is 69.5 Å². The van der Waals surface area contributed by atoms with Gasteiger partial charge in [0.15, 0.2) is 0 Å². The Labute approximate surface area is 193 Å². The monoisotopic (exact) mass is 442 g/mol. The lowest BCUT2D eigenvalue weighted by atomic mass is 9.89. The van der Waals surface area contributed by atoms with Crippen molar-refractivity contribution in [2.45, 2.75) is 38.3 Å². The number of carbonyl (C=O) groups is 1. The number of aromatic nitrogens is 4. The zero-order valence-corrected chi connectivity index (χ0v) is 19.3. The van der Waals surface area contributed by atoms with Gasteiger partial charge in [-0.15, -0.1) is 0 Å². The Kier molecular flexibility index (Phi) is 5.72. The number of pyridine rings is 1. The molecular formula is C26H30N6O. The first-order valence-electron chi connectivity index (χ1n) is 11.5. The molecule has 1 aromatic carbocycles. The molecule has 2 atom stereocenters. The molecule has 1 amide bonds. The van der Waals surface area contributed by atoms with E-state index in [1.54, 1.807) is 17.1 Å². The fourth-order valence-electron chi connectivity index (χ4n) is 5.00. The number of likely N-dealkylation sites (tertiary alicyclic amines) is 1. The third-order valence-corrected chi connectivity index (χ3v) is 6.52. The molecule has 1 aliphatic heterocycles. The SMILES string of the molecule is CC(C)c1[nH]c2ncccc2c1[C@@H]1CN(Cc2ccccc2)C[C@H]1NC(=O)c1cnn(C)c1. The molecule has 0 unspecified atom stereocenters. The maximum atomic E-state index is 13.1. The molecule has 7 heteroatoms. The minimum atomic E-state index is -0.0799. The number of nitrogens with zero attached hydrogens (tertiary/aromatic N) is 4. The number of benzene rings is 1. The van der Waals surface area contributed by atoms with Crippen LogP contribution in [0.25, 0.3) is 11.0 Å². The Morgan fingerprint density at radius 1 is 1.18 bits per heavy atom. The summed E-state index contributed by atoms with van der Waals surface area (Å²) in [5.74, 6) is 0.403. The summed E-state index contributed by atoms with van der Waals surface area (Å²) >= 11 is 0. The van der Waals surface area contributed by atoms with Crippen LogP contribution in [0.15, 0.2) is 61.1 Å². The van der Waals surface area contributed by atoms with Gasteiger partial charge in [0.25, 0.3) is 5.91 Å². The van der Waals surface area contributed by atoms with E-state index in [0.717, 1.165) is 30.7 Å². The van der Waals surface area contributed by atoms with Gasteiger partial charge >= 0.3 is 0 Å². The molecule has 1 fully saturated rings. The molecule has 4 heterocycles. The summed E-state index contributed by atoms with van der Waals surface area (Å²) in [4.78, 5) is 23.6. The van der Waals surface area contributed by atoms with Crippen LogP contribution in [0.2, 0.25) is 0 Å². The molecule has 5 rings (SSSR count). The molecule has 4 aromatic rings. The van der Waals surface area contributed by atoms with Crippen LogP contribution in [0.1, 0.15) is 52.9 Å². The summed E-state index contributed by atoms with van der Waals surface area (Å²) in [6, 6.07) is 14.6. The average molecular weight is 443 g/mol. The predicted octanol–water partition coefficient (Wildman–Crippen LogP) is 3.82. The van der Waals surface area contributed by atoms with Gasteiger partial charge in [-0.2, -0.15) is 5.10 Å². The fourth-order valence-corrected chi connectivity index (χ4v) is 5.00. The zero-order chi connectivity index (χ0) is 22.9. The second-order valence-electron chi connectivity index (χ2n) is 9.28. The van der Waals surface area contributed by atoms with Gasteiger partial charge in [-0.3, -0.25) is 14.4 Å². The van der Waals surface area contributed by atoms with Crippen molar-refractivity contribution in [1.82, 2.24) is 30.0 Å². The highest BCUT2D eigenvalue weighted by atomic mass is 16.1. The first kappa shape index (κ1) is 21.4. The number of amides is 1. The molecule has 7 nitrogen and oxygen atoms in total. The number of aryl methyl sites for hydroxylation is 1. The van der Waals surface area contributed by atoms with Gasteiger partial charge in [0, 0.05) is 56.1 Å². The van der Waals surface area contributed by atoms with E-state index in [0.29, 0.717) is 11.5 Å². The van der Waals surface area contributed by atoms with Gasteiger partial charge in [-0.1, -0.05) is 44.2 Å². The minimum Gasteiger partial charge on any atom is -0.347 e. The number of carbonyl (C=O) groups excluding carboxylic acids is 1. The number of fused-ring (bicyclic) bond motifs is 1. The van der Waals surface area contributed by atoms with Gasteiger partial charge in [0.05, 0.1) is 17.8 Å². The highest BCUT2D eigenvalue weighted by Gasteiger charge is 2.38. The van der Waals surface area contributed by atoms with Crippen LogP contribution in [0.5, 0.6) is 0 Å². The van der Waals surface area contributed by atoms with Crippen LogP contribution >= 0.6 is 0 Å². The summed E-state index contributed by atoms with van der Waals surface area (Å²) in [6.07, 6.45) is 5.21. The lowest BCUT2D eigenvalue weighted by Crippen LogP contribution is -2.40. The maximum absolute atomic E-state index is 13.1. The van der Waals surface area contributed by atoms with E-state index in [-0.39, 0.29) is 17.9 Å². The van der Waals surface area contributed by atoms with Crippen molar-refractivity contribution in [3.63, 3.8) is 0 Å². The first-order chi connectivity index (χ1) is 16.0. The highest BCUT2D eigenvalue weighted by molar-refractivity contribution is 5.94. The topological polar surface area (TPSA) is 78.8 Å². The zero-order valence-electron chi connectivity index (χ0n) is 19.3. The molecule has 3 aromatic heterocycles. The Morgan fingerprint density at radius 3 is 2.73 bits per heavy atom. The van der Waals surface area contributed by atoms with Crippen LogP contribution in [-0.4, -0.2) is 49.7 Å². The van der Waals surface area contributed by atoms with Crippen molar-refractivity contribution in [2.24, 2.45) is 7.05 Å². The lowest BCUT2D eigenvalue weighted by Gasteiger charge is -2.22. The summed E-state index contributed by atoms with van der Waals surface area (Å²) in [6.45, 7) is 6.92. The smallest absolute Gasteiger partial charge is 0.254 e. The lowest BCUT2D eigenvalue weighted by molar-refractivity contribution is 0.0935. The van der Waals surface area contributed by atoms with Crippen molar-refractivity contribution in [1.29, 1.82) is 0 Å². The van der Waals surface area contributed by atoms with Crippen LogP contribution in [0.3, 0.4) is 0 Å². The van der Waals surface area contributed by atoms with Crippen molar-refractivity contribution in [2.75, 3.05) is 13.1 Å². The van der Waals surface area contributed by atoms with Crippen molar-refractivity contribution >= 4 is 16.9 Å².